The van der Waals surface area contributed by atoms with Gasteiger partial charge in [0.25, 0.3) is 5.91 Å². The number of aromatic nitrogens is 3. The lowest BCUT2D eigenvalue weighted by molar-refractivity contribution is 0.0926. The Hall–Kier alpha value is -2.15. The monoisotopic (exact) mass is 314 g/mol. The smallest absolute Gasteiger partial charge is 0.270 e. The summed E-state index contributed by atoms with van der Waals surface area (Å²) in [6.07, 6.45) is 4.36. The van der Waals surface area contributed by atoms with Crippen molar-refractivity contribution in [3.05, 3.63) is 17.8 Å². The second-order valence-electron chi connectivity index (χ2n) is 6.33. The first kappa shape index (κ1) is 14.4. The van der Waals surface area contributed by atoms with Gasteiger partial charge in [0.15, 0.2) is 5.65 Å². The Morgan fingerprint density at radius 1 is 1.22 bits per heavy atom. The van der Waals surface area contributed by atoms with Crippen LogP contribution in [0.4, 0.5) is 5.82 Å². The van der Waals surface area contributed by atoms with Crippen molar-refractivity contribution in [1.29, 1.82) is 0 Å². The molecule has 3 N–H and O–H groups in total. The van der Waals surface area contributed by atoms with Crippen molar-refractivity contribution in [3.8, 4) is 0 Å². The highest BCUT2D eigenvalue weighted by molar-refractivity contribution is 6.04. The molecule has 0 bridgehead atoms. The molecule has 0 atom stereocenters. The van der Waals surface area contributed by atoms with Crippen molar-refractivity contribution in [3.63, 3.8) is 0 Å². The predicted octanol–water partition coefficient (Wildman–Crippen LogP) is 1.04. The highest BCUT2D eigenvalue weighted by atomic mass is 16.2. The van der Waals surface area contributed by atoms with E-state index in [1.165, 1.54) is 12.8 Å². The molecule has 2 aromatic rings. The molecule has 4 heterocycles. The third-order valence-corrected chi connectivity index (χ3v) is 4.73. The van der Waals surface area contributed by atoms with Crippen LogP contribution in [0.5, 0.6) is 0 Å². The van der Waals surface area contributed by atoms with Crippen LogP contribution in [-0.4, -0.2) is 53.3 Å². The molecule has 0 aliphatic carbocycles. The molecule has 2 aromatic heterocycles. The number of amides is 1. The molecular formula is C16H22N6O. The van der Waals surface area contributed by atoms with Crippen molar-refractivity contribution in [1.82, 2.24) is 25.8 Å². The SMILES string of the molecule is O=C(NC1CCNCC1)c1[nH]nc2nc(N3CCCC3)ccc12. The summed E-state index contributed by atoms with van der Waals surface area (Å²) < 4.78 is 0. The van der Waals surface area contributed by atoms with Crippen LogP contribution in [0.3, 0.4) is 0 Å². The Labute approximate surface area is 134 Å². The van der Waals surface area contributed by atoms with Gasteiger partial charge in [0.1, 0.15) is 11.5 Å². The number of hydrogen-bond donors (Lipinski definition) is 3. The van der Waals surface area contributed by atoms with Crippen LogP contribution in [0.15, 0.2) is 12.1 Å². The van der Waals surface area contributed by atoms with Gasteiger partial charge >= 0.3 is 0 Å². The van der Waals surface area contributed by atoms with Gasteiger partial charge in [0, 0.05) is 19.1 Å². The molecular weight excluding hydrogens is 292 g/mol. The van der Waals surface area contributed by atoms with Crippen LogP contribution >= 0.6 is 0 Å². The molecule has 2 aliphatic rings. The highest BCUT2D eigenvalue weighted by Crippen LogP contribution is 2.22. The van der Waals surface area contributed by atoms with E-state index in [1.807, 2.05) is 12.1 Å². The molecule has 2 aliphatic heterocycles. The number of fused-ring (bicyclic) bond motifs is 1. The van der Waals surface area contributed by atoms with Crippen molar-refractivity contribution >= 4 is 22.8 Å². The topological polar surface area (TPSA) is 85.9 Å². The molecule has 122 valence electrons. The van der Waals surface area contributed by atoms with E-state index in [1.54, 1.807) is 0 Å². The second-order valence-corrected chi connectivity index (χ2v) is 6.33. The quantitative estimate of drug-likeness (QED) is 0.788. The van der Waals surface area contributed by atoms with Gasteiger partial charge in [-0.2, -0.15) is 5.10 Å². The zero-order valence-electron chi connectivity index (χ0n) is 13.1. The minimum atomic E-state index is -0.0878. The van der Waals surface area contributed by atoms with Gasteiger partial charge in [0.05, 0.1) is 5.39 Å². The normalized spacial score (nSPS) is 19.4. The number of aromatic amines is 1. The fourth-order valence-corrected chi connectivity index (χ4v) is 3.41. The van der Waals surface area contributed by atoms with E-state index in [9.17, 15) is 4.79 Å². The summed E-state index contributed by atoms with van der Waals surface area (Å²) in [6, 6.07) is 4.18. The number of carbonyl (C=O) groups excluding carboxylic acids is 1. The number of piperidine rings is 1. The summed E-state index contributed by atoms with van der Waals surface area (Å²) in [6.45, 7) is 4.00. The molecule has 4 rings (SSSR count). The van der Waals surface area contributed by atoms with E-state index in [-0.39, 0.29) is 11.9 Å². The maximum absolute atomic E-state index is 12.5. The molecule has 0 aromatic carbocycles. The third-order valence-electron chi connectivity index (χ3n) is 4.73. The number of hydrogen-bond acceptors (Lipinski definition) is 5. The van der Waals surface area contributed by atoms with Crippen LogP contribution in [0, 0.1) is 0 Å². The number of anilines is 1. The number of nitrogens with zero attached hydrogens (tertiary/aromatic N) is 3. The number of carbonyl (C=O) groups is 1. The molecule has 7 heteroatoms. The first-order valence-corrected chi connectivity index (χ1v) is 8.43. The molecule has 0 radical (unpaired) electrons. The van der Waals surface area contributed by atoms with Gasteiger partial charge in [-0.25, -0.2) is 4.98 Å². The number of nitrogens with one attached hydrogen (secondary N) is 3. The van der Waals surface area contributed by atoms with Crippen molar-refractivity contribution in [2.45, 2.75) is 31.7 Å². The van der Waals surface area contributed by atoms with Crippen LogP contribution in [0.2, 0.25) is 0 Å². The minimum absolute atomic E-state index is 0.0878. The maximum atomic E-state index is 12.5. The fourth-order valence-electron chi connectivity index (χ4n) is 3.41. The van der Waals surface area contributed by atoms with Gasteiger partial charge in [-0.05, 0) is 50.9 Å². The Morgan fingerprint density at radius 2 is 2.00 bits per heavy atom. The summed E-state index contributed by atoms with van der Waals surface area (Å²) in [5.41, 5.74) is 1.13. The summed E-state index contributed by atoms with van der Waals surface area (Å²) in [7, 11) is 0. The highest BCUT2D eigenvalue weighted by Gasteiger charge is 2.21. The molecule has 2 fully saturated rings. The van der Waals surface area contributed by atoms with Crippen LogP contribution in [-0.2, 0) is 0 Å². The molecule has 0 unspecified atom stereocenters. The average Bonchev–Trinajstić information content (AvgIpc) is 3.25. The van der Waals surface area contributed by atoms with Crippen molar-refractivity contribution in [2.24, 2.45) is 0 Å². The number of pyridine rings is 1. The van der Waals surface area contributed by atoms with Crippen molar-refractivity contribution < 1.29 is 4.79 Å². The predicted molar refractivity (Wildman–Crippen MR) is 88.7 cm³/mol. The lowest BCUT2D eigenvalue weighted by atomic mass is 10.1. The zero-order valence-corrected chi connectivity index (χ0v) is 13.1. The van der Waals surface area contributed by atoms with E-state index < -0.39 is 0 Å². The van der Waals surface area contributed by atoms with Crippen LogP contribution in [0.1, 0.15) is 36.2 Å². The number of H-pyrrole nitrogens is 1. The molecule has 23 heavy (non-hydrogen) atoms. The zero-order chi connectivity index (χ0) is 15.6. The fraction of sp³-hybridized carbons (Fsp3) is 0.562. The summed E-state index contributed by atoms with van der Waals surface area (Å²) in [5.74, 6) is 0.863. The number of rotatable bonds is 3. The van der Waals surface area contributed by atoms with E-state index >= 15 is 0 Å². The largest absolute Gasteiger partial charge is 0.357 e. The van der Waals surface area contributed by atoms with Gasteiger partial charge in [0.2, 0.25) is 0 Å². The molecule has 0 saturated carbocycles. The van der Waals surface area contributed by atoms with Gasteiger partial charge in [-0.15, -0.1) is 0 Å². The molecule has 7 nitrogen and oxygen atoms in total. The summed E-state index contributed by atoms with van der Waals surface area (Å²) in [5, 5.41) is 14.3. The molecule has 2 saturated heterocycles. The Bertz CT molecular complexity index is 700. The Morgan fingerprint density at radius 3 is 2.78 bits per heavy atom. The van der Waals surface area contributed by atoms with E-state index in [4.69, 9.17) is 0 Å². The van der Waals surface area contributed by atoms with Crippen LogP contribution < -0.4 is 15.5 Å². The maximum Gasteiger partial charge on any atom is 0.270 e. The third kappa shape index (κ3) is 2.88. The van der Waals surface area contributed by atoms with E-state index in [0.717, 1.165) is 50.2 Å². The standard InChI is InChI=1S/C16H22N6O/c23-16(18-11-5-7-17-8-6-11)14-12-3-4-13(19-15(12)21-20-14)22-9-1-2-10-22/h3-4,11,17H,1-2,5-10H2,(H,18,23)(H,19,20,21). The van der Waals surface area contributed by atoms with Gasteiger partial charge in [-0.3, -0.25) is 9.89 Å². The summed E-state index contributed by atoms with van der Waals surface area (Å²) in [4.78, 5) is 19.4. The van der Waals surface area contributed by atoms with Gasteiger partial charge < -0.3 is 15.5 Å². The first-order valence-electron chi connectivity index (χ1n) is 8.43. The Balaban J connectivity index is 1.54. The van der Waals surface area contributed by atoms with E-state index in [2.05, 4.69) is 30.7 Å². The average molecular weight is 314 g/mol. The van der Waals surface area contributed by atoms with Crippen molar-refractivity contribution in [2.75, 3.05) is 31.1 Å². The minimum Gasteiger partial charge on any atom is -0.357 e. The summed E-state index contributed by atoms with van der Waals surface area (Å²) >= 11 is 0. The lowest BCUT2D eigenvalue weighted by Crippen LogP contribution is -2.42. The first-order chi connectivity index (χ1) is 11.3. The van der Waals surface area contributed by atoms with Gasteiger partial charge in [-0.1, -0.05) is 0 Å². The molecule has 0 spiro atoms. The van der Waals surface area contributed by atoms with Crippen LogP contribution in [0.25, 0.3) is 11.0 Å². The van der Waals surface area contributed by atoms with E-state index in [0.29, 0.717) is 11.3 Å². The second kappa shape index (κ2) is 6.16. The molecule has 1 amide bonds. The Kier molecular flexibility index (Phi) is 3.87. The lowest BCUT2D eigenvalue weighted by Gasteiger charge is -2.23.